The average Bonchev–Trinajstić information content (AvgIpc) is 3.13. The van der Waals surface area contributed by atoms with Crippen molar-refractivity contribution in [1.82, 2.24) is 24.3 Å². The monoisotopic (exact) mass is 329 g/mol. The molecule has 0 saturated carbocycles. The van der Waals surface area contributed by atoms with Gasteiger partial charge in [0.05, 0.1) is 18.6 Å². The minimum absolute atomic E-state index is 0.128. The van der Waals surface area contributed by atoms with Crippen LogP contribution in [0.2, 0.25) is 0 Å². The Morgan fingerprint density at radius 1 is 0.880 bits per heavy atom. The third-order valence-electron chi connectivity index (χ3n) is 3.91. The van der Waals surface area contributed by atoms with Gasteiger partial charge in [0, 0.05) is 17.3 Å². The number of benzene rings is 2. The second-order valence-electron chi connectivity index (χ2n) is 5.56. The van der Waals surface area contributed by atoms with Gasteiger partial charge in [0.2, 0.25) is 0 Å². The molecule has 2 heterocycles. The highest BCUT2D eigenvalue weighted by atomic mass is 16.1. The standard InChI is InChI=1S/C19H15N5O/c25-19-11-17(15-7-3-1-4-8-15)20-13-23(19)12-18-22-21-14-24(18)16-9-5-2-6-10-16/h1-11,13-14H,12H2. The van der Waals surface area contributed by atoms with Gasteiger partial charge in [-0.2, -0.15) is 0 Å². The van der Waals surface area contributed by atoms with Gasteiger partial charge in [-0.1, -0.05) is 48.5 Å². The molecule has 0 aliphatic rings. The molecule has 0 aliphatic carbocycles. The quantitative estimate of drug-likeness (QED) is 0.577. The van der Waals surface area contributed by atoms with Crippen LogP contribution in [0.15, 0.2) is 84.2 Å². The summed E-state index contributed by atoms with van der Waals surface area (Å²) in [6.45, 7) is 0.301. The van der Waals surface area contributed by atoms with Crippen molar-refractivity contribution in [2.75, 3.05) is 0 Å². The van der Waals surface area contributed by atoms with E-state index in [1.54, 1.807) is 18.7 Å². The molecule has 0 aliphatic heterocycles. The summed E-state index contributed by atoms with van der Waals surface area (Å²) in [5, 5.41) is 8.10. The summed E-state index contributed by atoms with van der Waals surface area (Å²) in [7, 11) is 0. The van der Waals surface area contributed by atoms with Gasteiger partial charge in [-0.15, -0.1) is 10.2 Å². The second kappa shape index (κ2) is 6.52. The topological polar surface area (TPSA) is 65.6 Å². The molecule has 25 heavy (non-hydrogen) atoms. The number of nitrogens with zero attached hydrogens (tertiary/aromatic N) is 5. The molecule has 0 bridgehead atoms. The maximum absolute atomic E-state index is 12.5. The van der Waals surface area contributed by atoms with E-state index in [2.05, 4.69) is 15.2 Å². The van der Waals surface area contributed by atoms with Gasteiger partial charge < -0.3 is 0 Å². The fourth-order valence-corrected chi connectivity index (χ4v) is 2.63. The number of rotatable bonds is 4. The van der Waals surface area contributed by atoms with Crippen molar-refractivity contribution in [1.29, 1.82) is 0 Å². The second-order valence-corrected chi connectivity index (χ2v) is 5.56. The van der Waals surface area contributed by atoms with E-state index in [1.807, 2.05) is 65.2 Å². The van der Waals surface area contributed by atoms with Crippen LogP contribution >= 0.6 is 0 Å². The van der Waals surface area contributed by atoms with Gasteiger partial charge in [0.1, 0.15) is 6.33 Å². The van der Waals surface area contributed by atoms with Crippen LogP contribution in [0, 0.1) is 0 Å². The van der Waals surface area contributed by atoms with E-state index in [-0.39, 0.29) is 5.56 Å². The van der Waals surface area contributed by atoms with Crippen molar-refractivity contribution in [3.05, 3.63) is 95.6 Å². The van der Waals surface area contributed by atoms with E-state index in [0.717, 1.165) is 11.3 Å². The van der Waals surface area contributed by atoms with Crippen LogP contribution in [0.5, 0.6) is 0 Å². The Morgan fingerprint density at radius 2 is 1.60 bits per heavy atom. The Balaban J connectivity index is 1.65. The molecule has 0 atom stereocenters. The fraction of sp³-hybridized carbons (Fsp3) is 0.0526. The third-order valence-corrected chi connectivity index (χ3v) is 3.91. The minimum Gasteiger partial charge on any atom is -0.291 e. The molecular weight excluding hydrogens is 314 g/mol. The maximum atomic E-state index is 12.5. The largest absolute Gasteiger partial charge is 0.291 e. The summed E-state index contributed by atoms with van der Waals surface area (Å²) in [4.78, 5) is 16.9. The van der Waals surface area contributed by atoms with Crippen molar-refractivity contribution in [3.63, 3.8) is 0 Å². The molecule has 0 radical (unpaired) electrons. The van der Waals surface area contributed by atoms with Gasteiger partial charge in [0.25, 0.3) is 5.56 Å². The van der Waals surface area contributed by atoms with Crippen molar-refractivity contribution in [3.8, 4) is 16.9 Å². The molecule has 0 saturated heterocycles. The van der Waals surface area contributed by atoms with Gasteiger partial charge in [0.15, 0.2) is 5.82 Å². The first-order chi connectivity index (χ1) is 12.3. The summed E-state index contributed by atoms with van der Waals surface area (Å²) >= 11 is 0. The number of hydrogen-bond acceptors (Lipinski definition) is 4. The van der Waals surface area contributed by atoms with Crippen LogP contribution in [0.1, 0.15) is 5.82 Å². The molecule has 4 rings (SSSR count). The lowest BCUT2D eigenvalue weighted by atomic mass is 10.1. The first-order valence-electron chi connectivity index (χ1n) is 7.87. The molecule has 2 aromatic heterocycles. The van der Waals surface area contributed by atoms with Crippen LogP contribution in [0.4, 0.5) is 0 Å². The molecule has 6 nitrogen and oxygen atoms in total. The van der Waals surface area contributed by atoms with E-state index in [4.69, 9.17) is 0 Å². The smallest absolute Gasteiger partial charge is 0.254 e. The molecule has 122 valence electrons. The Bertz CT molecular complexity index is 1040. The van der Waals surface area contributed by atoms with E-state index in [0.29, 0.717) is 18.1 Å². The number of hydrogen-bond donors (Lipinski definition) is 0. The zero-order valence-electron chi connectivity index (χ0n) is 13.4. The average molecular weight is 329 g/mol. The highest BCUT2D eigenvalue weighted by Gasteiger charge is 2.09. The van der Waals surface area contributed by atoms with Gasteiger partial charge >= 0.3 is 0 Å². The summed E-state index contributed by atoms with van der Waals surface area (Å²) < 4.78 is 3.38. The van der Waals surface area contributed by atoms with Crippen LogP contribution in [-0.2, 0) is 6.54 Å². The molecule has 2 aromatic carbocycles. The van der Waals surface area contributed by atoms with Gasteiger partial charge in [-0.05, 0) is 12.1 Å². The molecule has 0 N–H and O–H groups in total. The summed E-state index contributed by atoms with van der Waals surface area (Å²) in [5.74, 6) is 0.669. The SMILES string of the molecule is O=c1cc(-c2ccccc2)ncn1Cc1nncn1-c1ccccc1. The zero-order chi connectivity index (χ0) is 17.1. The van der Waals surface area contributed by atoms with E-state index in [1.165, 1.54) is 4.57 Å². The lowest BCUT2D eigenvalue weighted by Crippen LogP contribution is -2.22. The third kappa shape index (κ3) is 3.10. The van der Waals surface area contributed by atoms with Crippen molar-refractivity contribution < 1.29 is 0 Å². The molecule has 6 heteroatoms. The summed E-state index contributed by atoms with van der Waals surface area (Å²) in [6, 6.07) is 20.9. The van der Waals surface area contributed by atoms with Crippen molar-refractivity contribution in [2.45, 2.75) is 6.54 Å². The van der Waals surface area contributed by atoms with Crippen molar-refractivity contribution in [2.24, 2.45) is 0 Å². The number of aromatic nitrogens is 5. The Hall–Kier alpha value is -3.54. The van der Waals surface area contributed by atoms with Gasteiger partial charge in [-0.25, -0.2) is 4.98 Å². The molecule has 0 fully saturated rings. The van der Waals surface area contributed by atoms with E-state index in [9.17, 15) is 4.79 Å². The first-order valence-corrected chi connectivity index (χ1v) is 7.87. The van der Waals surface area contributed by atoms with Crippen LogP contribution in [0.25, 0.3) is 16.9 Å². The van der Waals surface area contributed by atoms with Crippen LogP contribution in [-0.4, -0.2) is 24.3 Å². The lowest BCUT2D eigenvalue weighted by Gasteiger charge is -2.08. The highest BCUT2D eigenvalue weighted by Crippen LogP contribution is 2.14. The van der Waals surface area contributed by atoms with Crippen LogP contribution < -0.4 is 5.56 Å². The summed E-state index contributed by atoms with van der Waals surface area (Å²) in [6.07, 6.45) is 3.19. The molecule has 4 aromatic rings. The Kier molecular flexibility index (Phi) is 3.92. The normalized spacial score (nSPS) is 10.7. The predicted molar refractivity (Wildman–Crippen MR) is 94.4 cm³/mol. The van der Waals surface area contributed by atoms with E-state index < -0.39 is 0 Å². The summed E-state index contributed by atoms with van der Waals surface area (Å²) in [5.41, 5.74) is 2.39. The van der Waals surface area contributed by atoms with E-state index >= 15 is 0 Å². The predicted octanol–water partition coefficient (Wildman–Crippen LogP) is 2.54. The lowest BCUT2D eigenvalue weighted by molar-refractivity contribution is 0.684. The maximum Gasteiger partial charge on any atom is 0.254 e. The van der Waals surface area contributed by atoms with Gasteiger partial charge in [-0.3, -0.25) is 13.9 Å². The molecular formula is C19H15N5O. The Labute approximate surface area is 144 Å². The fourth-order valence-electron chi connectivity index (χ4n) is 2.63. The molecule has 0 unspecified atom stereocenters. The van der Waals surface area contributed by atoms with Crippen molar-refractivity contribution >= 4 is 0 Å². The van der Waals surface area contributed by atoms with Crippen LogP contribution in [0.3, 0.4) is 0 Å². The molecule has 0 spiro atoms. The molecule has 0 amide bonds. The Morgan fingerprint density at radius 3 is 2.32 bits per heavy atom. The number of para-hydroxylation sites is 1. The minimum atomic E-state index is -0.128. The highest BCUT2D eigenvalue weighted by molar-refractivity contribution is 5.57. The first kappa shape index (κ1) is 15.0. The zero-order valence-corrected chi connectivity index (χ0v) is 13.4.